The maximum absolute atomic E-state index is 3.88. The van der Waals surface area contributed by atoms with Crippen LogP contribution in [0.5, 0.6) is 0 Å². The van der Waals surface area contributed by atoms with Gasteiger partial charge in [-0.2, -0.15) is 0 Å². The Morgan fingerprint density at radius 3 is 1.75 bits per heavy atom. The second kappa shape index (κ2) is 16.9. The van der Waals surface area contributed by atoms with Gasteiger partial charge in [-0.25, -0.2) is 0 Å². The minimum Gasteiger partial charge on any atom is -0.389 e. The first-order valence-electron chi connectivity index (χ1n) is 6.53. The number of allylic oxidation sites excluding steroid dienone is 1. The van der Waals surface area contributed by atoms with Crippen molar-refractivity contribution >= 4 is 0 Å². The van der Waals surface area contributed by atoms with Gasteiger partial charge in [0.25, 0.3) is 0 Å². The van der Waals surface area contributed by atoms with E-state index < -0.39 is 0 Å². The second-order valence-corrected chi connectivity index (χ2v) is 4.00. The lowest BCUT2D eigenvalue weighted by molar-refractivity contribution is 0.434. The standard InChI is InChI=1S/C8H17N.C4H11N.C2H6/c1-5-6-9-8(4)7(2)3;1-4-5(2)3;1-2/h7,9H,4-6H2,1-3H3;4H2,1-3H3;1-2H3. The molecule has 1 N–H and O–H groups in total. The Bertz CT molecular complexity index is 129. The molecule has 0 radical (unpaired) electrons. The van der Waals surface area contributed by atoms with Crippen molar-refractivity contribution in [2.24, 2.45) is 5.92 Å². The fraction of sp³-hybridized carbons (Fsp3) is 0.857. The summed E-state index contributed by atoms with van der Waals surface area (Å²) in [5, 5.41) is 3.24. The van der Waals surface area contributed by atoms with Crippen LogP contribution >= 0.6 is 0 Å². The van der Waals surface area contributed by atoms with Crippen LogP contribution in [0.25, 0.3) is 0 Å². The molecule has 0 spiro atoms. The predicted molar refractivity (Wildman–Crippen MR) is 77.8 cm³/mol. The maximum Gasteiger partial charge on any atom is 0.0141 e. The number of hydrogen-bond acceptors (Lipinski definition) is 2. The third-order valence-corrected chi connectivity index (χ3v) is 1.93. The Labute approximate surface area is 104 Å². The lowest BCUT2D eigenvalue weighted by atomic mass is 10.1. The minimum atomic E-state index is 0.566. The largest absolute Gasteiger partial charge is 0.389 e. The van der Waals surface area contributed by atoms with Crippen molar-refractivity contribution in [2.75, 3.05) is 27.2 Å². The summed E-state index contributed by atoms with van der Waals surface area (Å²) in [7, 11) is 4.11. The summed E-state index contributed by atoms with van der Waals surface area (Å²) in [6.45, 7) is 18.6. The molecule has 0 saturated heterocycles. The van der Waals surface area contributed by atoms with Crippen LogP contribution in [0.1, 0.15) is 48.0 Å². The zero-order chi connectivity index (χ0) is 13.6. The lowest BCUT2D eigenvalue weighted by Crippen LogP contribution is -2.16. The first-order chi connectivity index (χ1) is 7.45. The molecule has 100 valence electrons. The van der Waals surface area contributed by atoms with Crippen LogP contribution in [0.15, 0.2) is 12.3 Å². The quantitative estimate of drug-likeness (QED) is 0.774. The van der Waals surface area contributed by atoms with Crippen molar-refractivity contribution in [3.8, 4) is 0 Å². The zero-order valence-electron chi connectivity index (χ0n) is 12.9. The van der Waals surface area contributed by atoms with Gasteiger partial charge in [0, 0.05) is 12.2 Å². The zero-order valence-corrected chi connectivity index (χ0v) is 12.9. The average molecular weight is 230 g/mol. The third kappa shape index (κ3) is 23.4. The van der Waals surface area contributed by atoms with E-state index in [-0.39, 0.29) is 0 Å². The van der Waals surface area contributed by atoms with Crippen LogP contribution in [-0.2, 0) is 0 Å². The maximum atomic E-state index is 3.88. The summed E-state index contributed by atoms with van der Waals surface area (Å²) < 4.78 is 0. The summed E-state index contributed by atoms with van der Waals surface area (Å²) >= 11 is 0. The van der Waals surface area contributed by atoms with Gasteiger partial charge in [0.05, 0.1) is 0 Å². The van der Waals surface area contributed by atoms with E-state index >= 15 is 0 Å². The fourth-order valence-electron chi connectivity index (χ4n) is 0.490. The lowest BCUT2D eigenvalue weighted by Gasteiger charge is -2.10. The molecule has 0 aromatic heterocycles. The molecule has 0 unspecified atom stereocenters. The summed E-state index contributed by atoms with van der Waals surface area (Å²) in [6, 6.07) is 0. The van der Waals surface area contributed by atoms with Gasteiger partial charge in [-0.1, -0.05) is 48.1 Å². The Morgan fingerprint density at radius 1 is 1.19 bits per heavy atom. The molecule has 0 heterocycles. The molecule has 0 saturated carbocycles. The summed E-state index contributed by atoms with van der Waals surface area (Å²) in [5.74, 6) is 0.566. The van der Waals surface area contributed by atoms with Gasteiger partial charge in [0.2, 0.25) is 0 Å². The van der Waals surface area contributed by atoms with Gasteiger partial charge in [0.1, 0.15) is 0 Å². The molecule has 2 heteroatoms. The van der Waals surface area contributed by atoms with Gasteiger partial charge in [0.15, 0.2) is 0 Å². The third-order valence-electron chi connectivity index (χ3n) is 1.93. The molecule has 0 aliphatic carbocycles. The smallest absolute Gasteiger partial charge is 0.0141 e. The van der Waals surface area contributed by atoms with Crippen molar-refractivity contribution in [3.05, 3.63) is 12.3 Å². The SMILES string of the molecule is C=C(NCCC)C(C)C.CC.CCN(C)C. The Kier molecular flexibility index (Phi) is 22.0. The van der Waals surface area contributed by atoms with Crippen LogP contribution in [0, 0.1) is 5.92 Å². The van der Waals surface area contributed by atoms with Crippen LogP contribution in [0.3, 0.4) is 0 Å². The number of nitrogens with one attached hydrogen (secondary N) is 1. The molecule has 0 amide bonds. The van der Waals surface area contributed by atoms with E-state index in [9.17, 15) is 0 Å². The van der Waals surface area contributed by atoms with E-state index in [1.807, 2.05) is 13.8 Å². The summed E-state index contributed by atoms with van der Waals surface area (Å²) in [5.41, 5.74) is 1.15. The molecule has 16 heavy (non-hydrogen) atoms. The molecule has 0 aliphatic heterocycles. The van der Waals surface area contributed by atoms with Crippen LogP contribution in [0.2, 0.25) is 0 Å². The van der Waals surface area contributed by atoms with E-state index in [0.29, 0.717) is 5.92 Å². The fourth-order valence-corrected chi connectivity index (χ4v) is 0.490. The van der Waals surface area contributed by atoms with Crippen molar-refractivity contribution in [2.45, 2.75) is 48.0 Å². The monoisotopic (exact) mass is 230 g/mol. The minimum absolute atomic E-state index is 0.566. The summed E-state index contributed by atoms with van der Waals surface area (Å²) in [6.07, 6.45) is 1.17. The average Bonchev–Trinajstić information content (AvgIpc) is 2.29. The number of nitrogens with zero attached hydrogens (tertiary/aromatic N) is 1. The van der Waals surface area contributed by atoms with Gasteiger partial charge in [-0.05, 0) is 33.0 Å². The van der Waals surface area contributed by atoms with E-state index in [1.54, 1.807) is 0 Å². The molecule has 0 atom stereocenters. The first-order valence-corrected chi connectivity index (χ1v) is 6.53. The Hall–Kier alpha value is -0.500. The molecular formula is C14H34N2. The van der Waals surface area contributed by atoms with E-state index in [1.165, 1.54) is 6.42 Å². The molecule has 0 fully saturated rings. The van der Waals surface area contributed by atoms with E-state index in [0.717, 1.165) is 18.8 Å². The molecule has 0 aliphatic rings. The Balaban J connectivity index is -0.000000205. The van der Waals surface area contributed by atoms with Gasteiger partial charge in [-0.15, -0.1) is 0 Å². The van der Waals surface area contributed by atoms with Gasteiger partial charge < -0.3 is 10.2 Å². The van der Waals surface area contributed by atoms with Crippen molar-refractivity contribution in [1.82, 2.24) is 10.2 Å². The highest BCUT2D eigenvalue weighted by molar-refractivity contribution is 4.93. The highest BCUT2D eigenvalue weighted by Gasteiger charge is 1.95. The molecule has 0 bridgehead atoms. The topological polar surface area (TPSA) is 15.3 Å². The predicted octanol–water partition coefficient (Wildman–Crippen LogP) is 3.75. The van der Waals surface area contributed by atoms with Gasteiger partial charge in [-0.3, -0.25) is 0 Å². The second-order valence-electron chi connectivity index (χ2n) is 4.00. The van der Waals surface area contributed by atoms with Crippen molar-refractivity contribution in [3.63, 3.8) is 0 Å². The molecular weight excluding hydrogens is 196 g/mol. The Morgan fingerprint density at radius 2 is 1.56 bits per heavy atom. The van der Waals surface area contributed by atoms with Gasteiger partial charge >= 0.3 is 0 Å². The van der Waals surface area contributed by atoms with Crippen molar-refractivity contribution < 1.29 is 0 Å². The molecule has 2 nitrogen and oxygen atoms in total. The van der Waals surface area contributed by atoms with E-state index in [2.05, 4.69) is 58.6 Å². The molecule has 0 rings (SSSR count). The molecule has 0 aromatic carbocycles. The van der Waals surface area contributed by atoms with Crippen LogP contribution in [0.4, 0.5) is 0 Å². The molecule has 0 aromatic rings. The number of hydrogen-bond donors (Lipinski definition) is 1. The first kappa shape index (κ1) is 20.9. The normalized spacial score (nSPS) is 8.88. The highest BCUT2D eigenvalue weighted by Crippen LogP contribution is 2.01. The number of rotatable bonds is 5. The highest BCUT2D eigenvalue weighted by atomic mass is 15.0. The van der Waals surface area contributed by atoms with Crippen LogP contribution in [-0.4, -0.2) is 32.1 Å². The van der Waals surface area contributed by atoms with Crippen molar-refractivity contribution in [1.29, 1.82) is 0 Å². The van der Waals surface area contributed by atoms with Crippen LogP contribution < -0.4 is 5.32 Å². The summed E-state index contributed by atoms with van der Waals surface area (Å²) in [4.78, 5) is 2.12. The van der Waals surface area contributed by atoms with E-state index in [4.69, 9.17) is 0 Å².